The number of anilines is 2. The Kier molecular flexibility index (Phi) is 4.47. The third kappa shape index (κ3) is 3.18. The van der Waals surface area contributed by atoms with Crippen LogP contribution >= 0.6 is 47.8 Å². The summed E-state index contributed by atoms with van der Waals surface area (Å²) in [5.74, 6) is -0.0515. The fraction of sp³-hybridized carbons (Fsp3) is 0.100. The van der Waals surface area contributed by atoms with Crippen LogP contribution in [0, 0.1) is 0 Å². The van der Waals surface area contributed by atoms with Gasteiger partial charge in [-0.2, -0.15) is 5.10 Å². The highest BCUT2D eigenvalue weighted by Gasteiger charge is 2.22. The van der Waals surface area contributed by atoms with Gasteiger partial charge in [0.1, 0.15) is 4.90 Å². The highest BCUT2D eigenvalue weighted by molar-refractivity contribution is 9.11. The molecule has 3 N–H and O–H groups in total. The van der Waals surface area contributed by atoms with Crippen molar-refractivity contribution in [3.05, 3.63) is 31.7 Å². The molecule has 0 saturated heterocycles. The van der Waals surface area contributed by atoms with E-state index in [2.05, 4.69) is 57.6 Å². The summed E-state index contributed by atoms with van der Waals surface area (Å²) in [6.07, 6.45) is 1.35. The molecule has 0 atom stereocenters. The first-order valence-electron chi connectivity index (χ1n) is 5.17. The second-order valence-electron chi connectivity index (χ2n) is 3.90. The molecule has 0 aliphatic carbocycles. The molecule has 0 saturated carbocycles. The molecule has 0 bridgehead atoms. The van der Waals surface area contributed by atoms with Crippen molar-refractivity contribution in [2.75, 3.05) is 10.5 Å². The van der Waals surface area contributed by atoms with E-state index in [0.29, 0.717) is 14.6 Å². The minimum Gasteiger partial charge on any atom is -0.381 e. The standard InChI is InChI=1S/C10H9Br3N4O2S/c1-17-4-8(10(14)15-17)20(18,19)16-9-6(12)2-5(11)3-7(9)13/h2-4,16H,1H3,(H2,14,15). The zero-order valence-corrected chi connectivity index (χ0v) is 15.6. The molecule has 0 radical (unpaired) electrons. The van der Waals surface area contributed by atoms with Crippen molar-refractivity contribution in [1.82, 2.24) is 9.78 Å². The van der Waals surface area contributed by atoms with E-state index in [4.69, 9.17) is 5.73 Å². The second kappa shape index (κ2) is 5.66. The molecule has 0 aliphatic rings. The van der Waals surface area contributed by atoms with Crippen molar-refractivity contribution >= 4 is 69.3 Å². The molecule has 0 spiro atoms. The average Bonchev–Trinajstić information content (AvgIpc) is 2.64. The summed E-state index contributed by atoms with van der Waals surface area (Å²) in [5, 5.41) is 3.82. The summed E-state index contributed by atoms with van der Waals surface area (Å²) in [5.41, 5.74) is 5.98. The van der Waals surface area contributed by atoms with Gasteiger partial charge < -0.3 is 5.73 Å². The third-order valence-corrected chi connectivity index (χ3v) is 5.43. The molecule has 2 aromatic rings. The van der Waals surface area contributed by atoms with E-state index >= 15 is 0 Å². The number of aryl methyl sites for hydroxylation is 1. The predicted molar refractivity (Wildman–Crippen MR) is 88.0 cm³/mol. The van der Waals surface area contributed by atoms with Crippen LogP contribution in [0.25, 0.3) is 0 Å². The normalized spacial score (nSPS) is 11.6. The average molecular weight is 489 g/mol. The second-order valence-corrected chi connectivity index (χ2v) is 8.18. The Morgan fingerprint density at radius 1 is 1.25 bits per heavy atom. The van der Waals surface area contributed by atoms with Crippen LogP contribution in [0.5, 0.6) is 0 Å². The molecule has 1 aromatic heterocycles. The van der Waals surface area contributed by atoms with Gasteiger partial charge in [0.2, 0.25) is 0 Å². The number of nitrogens with one attached hydrogen (secondary N) is 1. The molecule has 1 heterocycles. The molecule has 1 aromatic carbocycles. The van der Waals surface area contributed by atoms with Gasteiger partial charge in [0, 0.05) is 26.7 Å². The monoisotopic (exact) mass is 486 g/mol. The summed E-state index contributed by atoms with van der Waals surface area (Å²) < 4.78 is 30.5. The van der Waals surface area contributed by atoms with E-state index < -0.39 is 10.0 Å². The summed E-state index contributed by atoms with van der Waals surface area (Å²) >= 11 is 9.93. The van der Waals surface area contributed by atoms with Crippen LogP contribution in [-0.2, 0) is 17.1 Å². The number of nitrogen functional groups attached to an aromatic ring is 1. The molecular formula is C10H9Br3N4O2S. The maximum Gasteiger partial charge on any atom is 0.267 e. The van der Waals surface area contributed by atoms with Gasteiger partial charge in [-0.05, 0) is 44.0 Å². The lowest BCUT2D eigenvalue weighted by atomic mass is 10.3. The molecular weight excluding hydrogens is 480 g/mol. The maximum atomic E-state index is 12.3. The molecule has 6 nitrogen and oxygen atoms in total. The fourth-order valence-electron chi connectivity index (χ4n) is 1.52. The molecule has 20 heavy (non-hydrogen) atoms. The van der Waals surface area contributed by atoms with Gasteiger partial charge in [0.05, 0.1) is 5.69 Å². The lowest BCUT2D eigenvalue weighted by molar-refractivity contribution is 0.601. The topological polar surface area (TPSA) is 90.0 Å². The van der Waals surface area contributed by atoms with Crippen molar-refractivity contribution in [2.45, 2.75) is 4.90 Å². The van der Waals surface area contributed by atoms with Crippen LogP contribution in [0.1, 0.15) is 0 Å². The van der Waals surface area contributed by atoms with Crippen molar-refractivity contribution in [3.63, 3.8) is 0 Å². The molecule has 2 rings (SSSR count). The fourth-order valence-corrected chi connectivity index (χ4v) is 5.45. The van der Waals surface area contributed by atoms with Crippen LogP contribution in [0.2, 0.25) is 0 Å². The van der Waals surface area contributed by atoms with Crippen LogP contribution in [0.4, 0.5) is 11.5 Å². The number of halogens is 3. The first-order chi connectivity index (χ1) is 9.20. The lowest BCUT2D eigenvalue weighted by Gasteiger charge is -2.11. The minimum atomic E-state index is -3.81. The zero-order chi connectivity index (χ0) is 15.1. The van der Waals surface area contributed by atoms with Crippen LogP contribution in [0.3, 0.4) is 0 Å². The molecule has 108 valence electrons. The lowest BCUT2D eigenvalue weighted by Crippen LogP contribution is -2.14. The van der Waals surface area contributed by atoms with Crippen molar-refractivity contribution in [3.8, 4) is 0 Å². The summed E-state index contributed by atoms with van der Waals surface area (Å²) in [6.45, 7) is 0. The SMILES string of the molecule is Cn1cc(S(=O)(=O)Nc2c(Br)cc(Br)cc2Br)c(N)n1. The number of nitrogens with zero attached hydrogens (tertiary/aromatic N) is 2. The number of aromatic nitrogens is 2. The van der Waals surface area contributed by atoms with Gasteiger partial charge in [0.25, 0.3) is 10.0 Å². The highest BCUT2D eigenvalue weighted by atomic mass is 79.9. The number of hydrogen-bond donors (Lipinski definition) is 2. The van der Waals surface area contributed by atoms with Crippen LogP contribution in [0.15, 0.2) is 36.6 Å². The van der Waals surface area contributed by atoms with Gasteiger partial charge in [-0.3, -0.25) is 9.40 Å². The van der Waals surface area contributed by atoms with E-state index in [1.54, 1.807) is 19.2 Å². The van der Waals surface area contributed by atoms with Gasteiger partial charge in [-0.25, -0.2) is 8.42 Å². The molecule has 0 aliphatic heterocycles. The van der Waals surface area contributed by atoms with Gasteiger partial charge in [0.15, 0.2) is 5.82 Å². The van der Waals surface area contributed by atoms with Gasteiger partial charge in [-0.15, -0.1) is 0 Å². The van der Waals surface area contributed by atoms with Gasteiger partial charge in [-0.1, -0.05) is 15.9 Å². The van der Waals surface area contributed by atoms with E-state index in [1.807, 2.05) is 0 Å². The summed E-state index contributed by atoms with van der Waals surface area (Å²) in [7, 11) is -2.22. The Bertz CT molecular complexity index is 750. The Hall–Kier alpha value is -0.580. The summed E-state index contributed by atoms with van der Waals surface area (Å²) in [4.78, 5) is -0.0679. The molecule has 10 heteroatoms. The van der Waals surface area contributed by atoms with E-state index in [-0.39, 0.29) is 10.7 Å². The van der Waals surface area contributed by atoms with Crippen LogP contribution in [-0.4, -0.2) is 18.2 Å². The highest BCUT2D eigenvalue weighted by Crippen LogP contribution is 2.36. The van der Waals surface area contributed by atoms with E-state index in [1.165, 1.54) is 10.9 Å². The summed E-state index contributed by atoms with van der Waals surface area (Å²) in [6, 6.07) is 3.46. The van der Waals surface area contributed by atoms with E-state index in [0.717, 1.165) is 4.47 Å². The van der Waals surface area contributed by atoms with E-state index in [9.17, 15) is 8.42 Å². The third-order valence-electron chi connectivity index (χ3n) is 2.35. The largest absolute Gasteiger partial charge is 0.381 e. The first-order valence-corrected chi connectivity index (χ1v) is 9.03. The number of nitrogens with two attached hydrogens (primary N) is 1. The maximum absolute atomic E-state index is 12.3. The Balaban J connectivity index is 2.46. The zero-order valence-electron chi connectivity index (χ0n) is 10.1. The number of benzene rings is 1. The number of rotatable bonds is 3. The molecule has 0 fully saturated rings. The van der Waals surface area contributed by atoms with Crippen molar-refractivity contribution in [1.29, 1.82) is 0 Å². The van der Waals surface area contributed by atoms with Gasteiger partial charge >= 0.3 is 0 Å². The Morgan fingerprint density at radius 3 is 2.25 bits per heavy atom. The first kappa shape index (κ1) is 15.8. The quantitative estimate of drug-likeness (QED) is 0.694. The van der Waals surface area contributed by atoms with Crippen molar-refractivity contribution < 1.29 is 8.42 Å². The van der Waals surface area contributed by atoms with Crippen LogP contribution < -0.4 is 10.5 Å². The predicted octanol–water partition coefficient (Wildman–Crippen LogP) is 3.09. The molecule has 0 unspecified atom stereocenters. The minimum absolute atomic E-state index is 0.0515. The van der Waals surface area contributed by atoms with Crippen molar-refractivity contribution in [2.24, 2.45) is 7.05 Å². The number of hydrogen-bond acceptors (Lipinski definition) is 4. The Labute approximate surface area is 141 Å². The Morgan fingerprint density at radius 2 is 1.80 bits per heavy atom. The molecule has 0 amide bonds. The smallest absolute Gasteiger partial charge is 0.267 e. The number of sulfonamides is 1.